The minimum absolute atomic E-state index is 0.159. The summed E-state index contributed by atoms with van der Waals surface area (Å²) in [5.41, 5.74) is 1.22. The van der Waals surface area contributed by atoms with Gasteiger partial charge in [-0.1, -0.05) is 6.92 Å². The lowest BCUT2D eigenvalue weighted by Gasteiger charge is -2.06. The standard InChI is InChI=1S/C11H18ClNO2S2/c1-2-10-5-7-16-11(10)9-13-17(14,15)8-4-3-6-12/h5,7,13H,2-4,6,8-9H2,1H3. The Balaban J connectivity index is 2.44. The maximum atomic E-state index is 11.7. The monoisotopic (exact) mass is 295 g/mol. The fraction of sp³-hybridized carbons (Fsp3) is 0.636. The molecular weight excluding hydrogens is 278 g/mol. The predicted octanol–water partition coefficient (Wildman–Crippen LogP) is 2.75. The van der Waals surface area contributed by atoms with Crippen LogP contribution >= 0.6 is 22.9 Å². The van der Waals surface area contributed by atoms with Crippen LogP contribution in [0.25, 0.3) is 0 Å². The van der Waals surface area contributed by atoms with Crippen LogP contribution in [-0.4, -0.2) is 20.1 Å². The topological polar surface area (TPSA) is 46.2 Å². The molecule has 0 spiro atoms. The van der Waals surface area contributed by atoms with E-state index in [9.17, 15) is 8.42 Å². The van der Waals surface area contributed by atoms with Crippen LogP contribution in [0.2, 0.25) is 0 Å². The van der Waals surface area contributed by atoms with E-state index in [0.717, 1.165) is 17.7 Å². The first-order valence-electron chi connectivity index (χ1n) is 5.67. The highest BCUT2D eigenvalue weighted by Crippen LogP contribution is 2.17. The van der Waals surface area contributed by atoms with Crippen LogP contribution in [0.5, 0.6) is 0 Å². The molecule has 0 aliphatic rings. The van der Waals surface area contributed by atoms with E-state index in [2.05, 4.69) is 11.6 Å². The number of sulfonamides is 1. The summed E-state index contributed by atoms with van der Waals surface area (Å²) < 4.78 is 25.9. The van der Waals surface area contributed by atoms with Gasteiger partial charge in [0.15, 0.2) is 0 Å². The Hall–Kier alpha value is -0.100. The minimum Gasteiger partial charge on any atom is -0.212 e. The molecule has 1 heterocycles. The van der Waals surface area contributed by atoms with Crippen molar-refractivity contribution < 1.29 is 8.42 Å². The maximum Gasteiger partial charge on any atom is 0.211 e. The van der Waals surface area contributed by atoms with Crippen molar-refractivity contribution in [3.05, 3.63) is 21.9 Å². The molecule has 0 saturated heterocycles. The number of hydrogen-bond acceptors (Lipinski definition) is 3. The van der Waals surface area contributed by atoms with E-state index in [4.69, 9.17) is 11.6 Å². The van der Waals surface area contributed by atoms with Crippen molar-refractivity contribution in [1.29, 1.82) is 0 Å². The normalized spacial score (nSPS) is 11.9. The zero-order valence-corrected chi connectivity index (χ0v) is 12.3. The van der Waals surface area contributed by atoms with Crippen LogP contribution in [0.3, 0.4) is 0 Å². The highest BCUT2D eigenvalue weighted by atomic mass is 35.5. The third-order valence-electron chi connectivity index (χ3n) is 2.47. The molecule has 0 aromatic carbocycles. The molecule has 6 heteroatoms. The van der Waals surface area contributed by atoms with Gasteiger partial charge in [0.05, 0.1) is 5.75 Å². The SMILES string of the molecule is CCc1ccsc1CNS(=O)(=O)CCCCCl. The van der Waals surface area contributed by atoms with Crippen molar-refractivity contribution in [2.45, 2.75) is 32.7 Å². The molecule has 17 heavy (non-hydrogen) atoms. The van der Waals surface area contributed by atoms with Gasteiger partial charge in [0.1, 0.15) is 0 Å². The summed E-state index contributed by atoms with van der Waals surface area (Å²) in [5, 5.41) is 2.00. The number of aryl methyl sites for hydroxylation is 1. The highest BCUT2D eigenvalue weighted by Gasteiger charge is 2.11. The number of hydrogen-bond donors (Lipinski definition) is 1. The Kier molecular flexibility index (Phi) is 6.48. The number of halogens is 1. The lowest BCUT2D eigenvalue weighted by atomic mass is 10.2. The fourth-order valence-electron chi connectivity index (χ4n) is 1.47. The predicted molar refractivity (Wildman–Crippen MR) is 74.3 cm³/mol. The number of unbranched alkanes of at least 4 members (excludes halogenated alkanes) is 1. The maximum absolute atomic E-state index is 11.7. The van der Waals surface area contributed by atoms with Gasteiger partial charge in [-0.05, 0) is 36.3 Å². The lowest BCUT2D eigenvalue weighted by molar-refractivity contribution is 0.578. The van der Waals surface area contributed by atoms with Gasteiger partial charge in [-0.2, -0.15) is 0 Å². The van der Waals surface area contributed by atoms with Crippen molar-refractivity contribution >= 4 is 33.0 Å². The van der Waals surface area contributed by atoms with Crippen LogP contribution in [0.15, 0.2) is 11.4 Å². The molecule has 0 bridgehead atoms. The molecule has 0 unspecified atom stereocenters. The molecule has 1 N–H and O–H groups in total. The van der Waals surface area contributed by atoms with Crippen molar-refractivity contribution in [2.75, 3.05) is 11.6 Å². The average molecular weight is 296 g/mol. The molecule has 0 fully saturated rings. The van der Waals surface area contributed by atoms with Gasteiger partial charge in [-0.3, -0.25) is 0 Å². The molecule has 0 amide bonds. The average Bonchev–Trinajstić information content (AvgIpc) is 2.74. The Morgan fingerprint density at radius 3 is 2.82 bits per heavy atom. The third kappa shape index (κ3) is 5.38. The Bertz CT molecular complexity index is 428. The van der Waals surface area contributed by atoms with E-state index < -0.39 is 10.0 Å². The number of alkyl halides is 1. The van der Waals surface area contributed by atoms with Crippen LogP contribution in [0.1, 0.15) is 30.2 Å². The molecule has 0 radical (unpaired) electrons. The quantitative estimate of drug-likeness (QED) is 0.592. The second-order valence-corrected chi connectivity index (χ2v) is 7.06. The Labute approximate surface area is 112 Å². The smallest absolute Gasteiger partial charge is 0.211 e. The first-order chi connectivity index (χ1) is 8.09. The number of rotatable bonds is 8. The summed E-state index contributed by atoms with van der Waals surface area (Å²) in [6.07, 6.45) is 2.29. The summed E-state index contributed by atoms with van der Waals surface area (Å²) in [4.78, 5) is 1.11. The van der Waals surface area contributed by atoms with E-state index in [1.54, 1.807) is 11.3 Å². The largest absolute Gasteiger partial charge is 0.212 e. The summed E-state index contributed by atoms with van der Waals surface area (Å²) in [6.45, 7) is 2.48. The molecule has 1 aromatic heterocycles. The molecule has 0 saturated carbocycles. The summed E-state index contributed by atoms with van der Waals surface area (Å²) in [6, 6.07) is 2.04. The van der Waals surface area contributed by atoms with E-state index in [1.807, 2.05) is 11.4 Å². The fourth-order valence-corrected chi connectivity index (χ4v) is 3.76. The Morgan fingerprint density at radius 1 is 1.41 bits per heavy atom. The summed E-state index contributed by atoms with van der Waals surface area (Å²) in [7, 11) is -3.16. The van der Waals surface area contributed by atoms with Gasteiger partial charge < -0.3 is 0 Å². The van der Waals surface area contributed by atoms with Crippen LogP contribution in [-0.2, 0) is 23.0 Å². The van der Waals surface area contributed by atoms with Crippen LogP contribution in [0, 0.1) is 0 Å². The van der Waals surface area contributed by atoms with Crippen LogP contribution < -0.4 is 4.72 Å². The molecule has 0 aliphatic heterocycles. The second-order valence-electron chi connectivity index (χ2n) is 3.76. The van der Waals surface area contributed by atoms with Gasteiger partial charge in [0, 0.05) is 17.3 Å². The molecule has 3 nitrogen and oxygen atoms in total. The number of nitrogens with one attached hydrogen (secondary N) is 1. The molecule has 1 rings (SSSR count). The van der Waals surface area contributed by atoms with Crippen molar-refractivity contribution in [1.82, 2.24) is 4.72 Å². The second kappa shape index (κ2) is 7.36. The van der Waals surface area contributed by atoms with E-state index in [0.29, 0.717) is 18.8 Å². The zero-order valence-electron chi connectivity index (χ0n) is 9.91. The van der Waals surface area contributed by atoms with E-state index in [1.165, 1.54) is 5.56 Å². The van der Waals surface area contributed by atoms with Crippen LogP contribution in [0.4, 0.5) is 0 Å². The zero-order chi connectivity index (χ0) is 12.7. The lowest BCUT2D eigenvalue weighted by Crippen LogP contribution is -2.26. The molecule has 98 valence electrons. The van der Waals surface area contributed by atoms with Crippen molar-refractivity contribution in [3.63, 3.8) is 0 Å². The summed E-state index contributed by atoms with van der Waals surface area (Å²) in [5.74, 6) is 0.674. The first kappa shape index (κ1) is 15.0. The number of thiophene rings is 1. The van der Waals surface area contributed by atoms with Gasteiger partial charge >= 0.3 is 0 Å². The Morgan fingerprint density at radius 2 is 2.18 bits per heavy atom. The molecular formula is C11H18ClNO2S2. The van der Waals surface area contributed by atoms with Gasteiger partial charge in [-0.15, -0.1) is 22.9 Å². The molecule has 1 aromatic rings. The third-order valence-corrected chi connectivity index (χ3v) is 5.11. The van der Waals surface area contributed by atoms with Crippen molar-refractivity contribution in [3.8, 4) is 0 Å². The minimum atomic E-state index is -3.16. The highest BCUT2D eigenvalue weighted by molar-refractivity contribution is 7.89. The molecule has 0 aliphatic carbocycles. The van der Waals surface area contributed by atoms with Crippen molar-refractivity contribution in [2.24, 2.45) is 0 Å². The summed E-state index contributed by atoms with van der Waals surface area (Å²) >= 11 is 7.11. The first-order valence-corrected chi connectivity index (χ1v) is 8.74. The van der Waals surface area contributed by atoms with E-state index >= 15 is 0 Å². The van der Waals surface area contributed by atoms with Gasteiger partial charge in [0.25, 0.3) is 0 Å². The van der Waals surface area contributed by atoms with Gasteiger partial charge in [0.2, 0.25) is 10.0 Å². The molecule has 0 atom stereocenters. The van der Waals surface area contributed by atoms with E-state index in [-0.39, 0.29) is 5.75 Å². The van der Waals surface area contributed by atoms with Gasteiger partial charge in [-0.25, -0.2) is 13.1 Å².